The normalized spacial score (nSPS) is 10.8. The number of rotatable bonds is 5. The topological polar surface area (TPSA) is 63.3 Å². The van der Waals surface area contributed by atoms with Gasteiger partial charge in [0.1, 0.15) is 11.6 Å². The minimum absolute atomic E-state index is 0.0655. The Kier molecular flexibility index (Phi) is 4.39. The van der Waals surface area contributed by atoms with Gasteiger partial charge in [-0.3, -0.25) is 0 Å². The van der Waals surface area contributed by atoms with Crippen molar-refractivity contribution in [2.24, 2.45) is 0 Å². The fourth-order valence-corrected chi connectivity index (χ4v) is 2.06. The number of oxazole rings is 1. The zero-order chi connectivity index (χ0) is 14.7. The maximum absolute atomic E-state index is 13.6. The number of benzene rings is 1. The van der Waals surface area contributed by atoms with Crippen molar-refractivity contribution in [1.29, 1.82) is 0 Å². The van der Waals surface area contributed by atoms with Gasteiger partial charge in [0.25, 0.3) is 0 Å². The first-order chi connectivity index (χ1) is 9.52. The van der Waals surface area contributed by atoms with E-state index in [2.05, 4.69) is 4.98 Å². The number of carboxylic acids is 1. The third kappa shape index (κ3) is 2.98. The zero-order valence-electron chi connectivity index (χ0n) is 10.5. The number of hydrogen-bond acceptors (Lipinski definition) is 4. The van der Waals surface area contributed by atoms with Crippen LogP contribution in [0.25, 0.3) is 11.5 Å². The molecule has 1 N–H and O–H groups in total. The molecule has 0 unspecified atom stereocenters. The summed E-state index contributed by atoms with van der Waals surface area (Å²) in [5.41, 5.74) is 0.190. The van der Waals surface area contributed by atoms with E-state index in [-0.39, 0.29) is 22.9 Å². The van der Waals surface area contributed by atoms with Gasteiger partial charge >= 0.3 is 5.97 Å². The van der Waals surface area contributed by atoms with Gasteiger partial charge in [-0.15, -0.1) is 0 Å². The molecule has 0 fully saturated rings. The van der Waals surface area contributed by atoms with Gasteiger partial charge in [-0.25, -0.2) is 18.6 Å². The highest BCUT2D eigenvalue weighted by Gasteiger charge is 2.21. The van der Waals surface area contributed by atoms with Gasteiger partial charge in [-0.2, -0.15) is 11.8 Å². The van der Waals surface area contributed by atoms with E-state index in [1.165, 1.54) is 17.8 Å². The molecule has 2 rings (SSSR count). The number of aryl methyl sites for hydroxylation is 1. The van der Waals surface area contributed by atoms with Gasteiger partial charge in [0.2, 0.25) is 11.7 Å². The lowest BCUT2D eigenvalue weighted by Gasteiger charge is -1.97. The van der Waals surface area contributed by atoms with Crippen molar-refractivity contribution < 1.29 is 23.1 Å². The first-order valence-electron chi connectivity index (χ1n) is 5.70. The van der Waals surface area contributed by atoms with Gasteiger partial charge in [-0.05, 0) is 24.1 Å². The number of hydrogen-bond donors (Lipinski definition) is 1. The number of aromatic nitrogens is 1. The van der Waals surface area contributed by atoms with Crippen LogP contribution in [-0.2, 0) is 6.42 Å². The third-order valence-electron chi connectivity index (χ3n) is 2.60. The molecule has 0 amide bonds. The van der Waals surface area contributed by atoms with Crippen molar-refractivity contribution in [3.8, 4) is 11.5 Å². The molecule has 1 aromatic carbocycles. The minimum Gasteiger partial charge on any atom is -0.475 e. The van der Waals surface area contributed by atoms with E-state index in [0.29, 0.717) is 18.2 Å². The van der Waals surface area contributed by atoms with E-state index >= 15 is 0 Å². The maximum Gasteiger partial charge on any atom is 0.373 e. The summed E-state index contributed by atoms with van der Waals surface area (Å²) in [5.74, 6) is -2.63. The smallest absolute Gasteiger partial charge is 0.373 e. The minimum atomic E-state index is -1.26. The summed E-state index contributed by atoms with van der Waals surface area (Å²) in [5, 5.41) is 9.04. The second kappa shape index (κ2) is 6.04. The van der Waals surface area contributed by atoms with E-state index in [0.717, 1.165) is 6.07 Å². The Morgan fingerprint density at radius 3 is 2.80 bits per heavy atom. The molecule has 2 aromatic rings. The molecule has 4 nitrogen and oxygen atoms in total. The number of carboxylic acid groups (broad SMARTS) is 1. The number of halogens is 2. The van der Waals surface area contributed by atoms with Gasteiger partial charge in [0.15, 0.2) is 0 Å². The van der Waals surface area contributed by atoms with Crippen LogP contribution in [0.2, 0.25) is 0 Å². The number of aromatic carboxylic acids is 1. The highest BCUT2D eigenvalue weighted by molar-refractivity contribution is 7.98. The van der Waals surface area contributed by atoms with Crippen LogP contribution in [0.15, 0.2) is 22.6 Å². The molecule has 0 aliphatic carbocycles. The van der Waals surface area contributed by atoms with Crippen LogP contribution in [-0.4, -0.2) is 28.1 Å². The predicted molar refractivity (Wildman–Crippen MR) is 70.9 cm³/mol. The van der Waals surface area contributed by atoms with E-state index in [4.69, 9.17) is 9.52 Å². The van der Waals surface area contributed by atoms with Gasteiger partial charge < -0.3 is 9.52 Å². The molecule has 0 aliphatic rings. The van der Waals surface area contributed by atoms with Crippen molar-refractivity contribution in [3.63, 3.8) is 0 Å². The quantitative estimate of drug-likeness (QED) is 0.918. The molecule has 0 spiro atoms. The van der Waals surface area contributed by atoms with Crippen LogP contribution in [0.1, 0.15) is 16.2 Å². The summed E-state index contributed by atoms with van der Waals surface area (Å²) in [6.45, 7) is 0. The Bertz CT molecular complexity index is 643. The molecular formula is C13H11F2NO3S. The average Bonchev–Trinajstić information content (AvgIpc) is 2.80. The predicted octanol–water partition coefficient (Wildman–Crippen LogP) is 3.22. The largest absolute Gasteiger partial charge is 0.475 e. The van der Waals surface area contributed by atoms with Gasteiger partial charge in [0.05, 0.1) is 11.3 Å². The van der Waals surface area contributed by atoms with Crippen molar-refractivity contribution in [2.45, 2.75) is 6.42 Å². The second-order valence-corrected chi connectivity index (χ2v) is 4.95. The molecule has 0 atom stereocenters. The van der Waals surface area contributed by atoms with Crippen LogP contribution in [0, 0.1) is 11.6 Å². The second-order valence-electron chi connectivity index (χ2n) is 3.97. The molecule has 0 saturated carbocycles. The molecule has 0 radical (unpaired) electrons. The van der Waals surface area contributed by atoms with Crippen molar-refractivity contribution in [3.05, 3.63) is 41.3 Å². The van der Waals surface area contributed by atoms with E-state index in [1.54, 1.807) is 0 Å². The molecule has 7 heteroatoms. The van der Waals surface area contributed by atoms with Crippen LogP contribution in [0.5, 0.6) is 0 Å². The van der Waals surface area contributed by atoms with Crippen LogP contribution in [0.4, 0.5) is 8.78 Å². The lowest BCUT2D eigenvalue weighted by Crippen LogP contribution is -2.00. The first kappa shape index (κ1) is 14.5. The molecule has 1 heterocycles. The Hall–Kier alpha value is -1.89. The fourth-order valence-electron chi connectivity index (χ4n) is 1.67. The molecule has 0 saturated heterocycles. The fraction of sp³-hybridized carbons (Fsp3) is 0.231. The molecular weight excluding hydrogens is 288 g/mol. The van der Waals surface area contributed by atoms with Gasteiger partial charge in [0, 0.05) is 12.5 Å². The standard InChI is InChI=1S/C13H11F2NO3S/c1-20-5-4-10-11(13(17)18)19-12(16-10)8-3-2-7(14)6-9(8)15/h2-3,6H,4-5H2,1H3,(H,17,18). The molecule has 1 aromatic heterocycles. The zero-order valence-corrected chi connectivity index (χ0v) is 11.3. The van der Waals surface area contributed by atoms with E-state index in [9.17, 15) is 13.6 Å². The third-order valence-corrected chi connectivity index (χ3v) is 3.21. The SMILES string of the molecule is CSCCc1nc(-c2ccc(F)cc2F)oc1C(=O)O. The highest BCUT2D eigenvalue weighted by atomic mass is 32.2. The number of thioether (sulfide) groups is 1. The average molecular weight is 299 g/mol. The molecule has 0 bridgehead atoms. The Balaban J connectivity index is 2.44. The van der Waals surface area contributed by atoms with Crippen LogP contribution in [0.3, 0.4) is 0 Å². The van der Waals surface area contributed by atoms with Gasteiger partial charge in [-0.1, -0.05) is 0 Å². The number of nitrogens with zero attached hydrogens (tertiary/aromatic N) is 1. The maximum atomic E-state index is 13.6. The Labute approximate surface area is 117 Å². The summed E-state index contributed by atoms with van der Waals surface area (Å²) in [7, 11) is 0. The van der Waals surface area contributed by atoms with Crippen molar-refractivity contribution in [1.82, 2.24) is 4.98 Å². The molecule has 0 aliphatic heterocycles. The van der Waals surface area contributed by atoms with E-state index in [1.807, 2.05) is 6.26 Å². The Morgan fingerprint density at radius 1 is 1.45 bits per heavy atom. The summed E-state index contributed by atoms with van der Waals surface area (Å²) in [4.78, 5) is 15.1. The first-order valence-corrected chi connectivity index (χ1v) is 7.09. The molecule has 106 valence electrons. The van der Waals surface area contributed by atoms with Crippen LogP contribution >= 0.6 is 11.8 Å². The Morgan fingerprint density at radius 2 is 2.20 bits per heavy atom. The van der Waals surface area contributed by atoms with Crippen molar-refractivity contribution in [2.75, 3.05) is 12.0 Å². The van der Waals surface area contributed by atoms with Crippen molar-refractivity contribution >= 4 is 17.7 Å². The monoisotopic (exact) mass is 299 g/mol. The van der Waals surface area contributed by atoms with Crippen LogP contribution < -0.4 is 0 Å². The van der Waals surface area contributed by atoms with E-state index < -0.39 is 17.6 Å². The molecule has 20 heavy (non-hydrogen) atoms. The summed E-state index contributed by atoms with van der Waals surface area (Å²) >= 11 is 1.53. The summed E-state index contributed by atoms with van der Waals surface area (Å²) in [6.07, 6.45) is 2.27. The highest BCUT2D eigenvalue weighted by Crippen LogP contribution is 2.26. The number of carbonyl (C=O) groups is 1. The summed E-state index contributed by atoms with van der Waals surface area (Å²) < 4.78 is 31.6. The lowest BCUT2D eigenvalue weighted by atomic mass is 10.2. The summed E-state index contributed by atoms with van der Waals surface area (Å²) in [6, 6.07) is 2.92. The lowest BCUT2D eigenvalue weighted by molar-refractivity contribution is 0.0662.